The molecule has 140 valence electrons. The normalized spacial score (nSPS) is 16.5. The maximum Gasteiger partial charge on any atom is 0.261 e. The number of β-amino-alcohol motifs (C(OH)–C–C–N with tert-alkyl or cyclic N) is 1. The Bertz CT molecular complexity index is 990. The van der Waals surface area contributed by atoms with Gasteiger partial charge in [-0.3, -0.25) is 33.8 Å². The van der Waals surface area contributed by atoms with Crippen LogP contribution in [0.5, 0.6) is 0 Å². The summed E-state index contributed by atoms with van der Waals surface area (Å²) in [7, 11) is 0. The Balaban J connectivity index is 1.46. The fourth-order valence-electron chi connectivity index (χ4n) is 3.32. The van der Waals surface area contributed by atoms with Crippen LogP contribution >= 0.6 is 0 Å². The molecule has 0 fully saturated rings. The van der Waals surface area contributed by atoms with E-state index in [0.29, 0.717) is 0 Å². The molecule has 2 aliphatic heterocycles. The summed E-state index contributed by atoms with van der Waals surface area (Å²) in [5, 5.41) is 10.2. The van der Waals surface area contributed by atoms with Gasteiger partial charge in [-0.05, 0) is 24.3 Å². The van der Waals surface area contributed by atoms with E-state index in [1.807, 2.05) is 0 Å². The van der Waals surface area contributed by atoms with E-state index in [2.05, 4.69) is 0 Å². The van der Waals surface area contributed by atoms with Crippen LogP contribution in [0.3, 0.4) is 0 Å². The predicted molar refractivity (Wildman–Crippen MR) is 94.6 cm³/mol. The number of nitrogens with zero attached hydrogens (tertiary/aromatic N) is 2. The van der Waals surface area contributed by atoms with Gasteiger partial charge in [0.1, 0.15) is 6.10 Å². The molecule has 0 saturated carbocycles. The molecule has 0 radical (unpaired) electrons. The molecule has 2 aliphatic rings. The van der Waals surface area contributed by atoms with E-state index in [1.165, 1.54) is 24.3 Å². The van der Waals surface area contributed by atoms with E-state index in [0.717, 1.165) is 9.80 Å². The Kier molecular flexibility index (Phi) is 4.12. The van der Waals surface area contributed by atoms with E-state index < -0.39 is 48.6 Å². The molecular formula is C20H14N2O6. The first-order valence-electron chi connectivity index (χ1n) is 8.51. The maximum absolute atomic E-state index is 12.4. The van der Waals surface area contributed by atoms with Crippen LogP contribution in [0.25, 0.3) is 0 Å². The van der Waals surface area contributed by atoms with Gasteiger partial charge < -0.3 is 5.11 Å². The third-order valence-electron chi connectivity index (χ3n) is 4.80. The van der Waals surface area contributed by atoms with Crippen molar-refractivity contribution in [3.63, 3.8) is 0 Å². The van der Waals surface area contributed by atoms with Gasteiger partial charge >= 0.3 is 0 Å². The van der Waals surface area contributed by atoms with Gasteiger partial charge in [0.2, 0.25) is 0 Å². The number of hydrogen-bond donors (Lipinski definition) is 1. The average Bonchev–Trinajstić information content (AvgIpc) is 3.09. The number of amides is 4. The molecule has 2 aromatic rings. The minimum atomic E-state index is -1.72. The number of aliphatic hydroxyl groups is 1. The van der Waals surface area contributed by atoms with Crippen LogP contribution in [0, 0.1) is 0 Å². The molecule has 0 bridgehead atoms. The zero-order chi connectivity index (χ0) is 20.0. The summed E-state index contributed by atoms with van der Waals surface area (Å²) in [6, 6.07) is 12.4. The van der Waals surface area contributed by atoms with Crippen molar-refractivity contribution in [2.75, 3.05) is 13.1 Å². The first kappa shape index (κ1) is 17.7. The lowest BCUT2D eigenvalue weighted by Gasteiger charge is -2.20. The second kappa shape index (κ2) is 6.50. The summed E-state index contributed by atoms with van der Waals surface area (Å²) in [5.41, 5.74) is 0.783. The molecule has 0 aromatic heterocycles. The van der Waals surface area contributed by atoms with Crippen molar-refractivity contribution in [2.45, 2.75) is 6.10 Å². The Hall–Kier alpha value is -3.65. The van der Waals surface area contributed by atoms with Crippen molar-refractivity contribution in [2.24, 2.45) is 0 Å². The van der Waals surface area contributed by atoms with Crippen molar-refractivity contribution in [3.8, 4) is 0 Å². The number of aliphatic hydroxyl groups excluding tert-OH is 1. The molecule has 28 heavy (non-hydrogen) atoms. The predicted octanol–water partition coefficient (Wildman–Crippen LogP) is 0.509. The average molecular weight is 378 g/mol. The quantitative estimate of drug-likeness (QED) is 0.759. The first-order valence-corrected chi connectivity index (χ1v) is 8.51. The van der Waals surface area contributed by atoms with Gasteiger partial charge in [0.25, 0.3) is 23.6 Å². The number of carbonyl (C=O) groups is 5. The van der Waals surface area contributed by atoms with Crippen LogP contribution in [-0.2, 0) is 4.79 Å². The minimum absolute atomic E-state index is 0.190. The molecule has 1 atom stereocenters. The van der Waals surface area contributed by atoms with E-state index in [-0.39, 0.29) is 22.3 Å². The SMILES string of the molecule is O=C(CN1C(=O)c2ccccc2C1=O)[C@H](O)CN1C(=O)c2ccccc2C1=O. The second-order valence-corrected chi connectivity index (χ2v) is 6.49. The van der Waals surface area contributed by atoms with Crippen LogP contribution in [-0.4, -0.2) is 63.5 Å². The highest BCUT2D eigenvalue weighted by molar-refractivity contribution is 6.23. The first-order chi connectivity index (χ1) is 13.4. The van der Waals surface area contributed by atoms with Gasteiger partial charge in [0.15, 0.2) is 5.78 Å². The summed E-state index contributed by atoms with van der Waals surface area (Å²) in [6.07, 6.45) is -1.72. The smallest absolute Gasteiger partial charge is 0.261 e. The van der Waals surface area contributed by atoms with E-state index in [9.17, 15) is 29.1 Å². The van der Waals surface area contributed by atoms with E-state index in [4.69, 9.17) is 0 Å². The molecule has 0 saturated heterocycles. The van der Waals surface area contributed by atoms with Crippen molar-refractivity contribution in [1.82, 2.24) is 9.80 Å². The fraction of sp³-hybridized carbons (Fsp3) is 0.150. The highest BCUT2D eigenvalue weighted by Crippen LogP contribution is 2.24. The summed E-state index contributed by atoms with van der Waals surface area (Å²) < 4.78 is 0. The largest absolute Gasteiger partial charge is 0.383 e. The highest BCUT2D eigenvalue weighted by Gasteiger charge is 2.40. The number of ketones is 1. The Labute approximate surface area is 159 Å². The number of rotatable bonds is 5. The molecule has 2 aromatic carbocycles. The van der Waals surface area contributed by atoms with Gasteiger partial charge in [-0.2, -0.15) is 0 Å². The highest BCUT2D eigenvalue weighted by atomic mass is 16.3. The molecule has 8 heteroatoms. The van der Waals surface area contributed by atoms with Crippen molar-refractivity contribution < 1.29 is 29.1 Å². The van der Waals surface area contributed by atoms with E-state index >= 15 is 0 Å². The van der Waals surface area contributed by atoms with Gasteiger partial charge in [-0.15, -0.1) is 0 Å². The summed E-state index contributed by atoms with van der Waals surface area (Å²) in [5.74, 6) is -3.30. The van der Waals surface area contributed by atoms with Crippen LogP contribution in [0.4, 0.5) is 0 Å². The maximum atomic E-state index is 12.4. The van der Waals surface area contributed by atoms with Gasteiger partial charge in [-0.1, -0.05) is 24.3 Å². The molecule has 4 rings (SSSR count). The second-order valence-electron chi connectivity index (χ2n) is 6.49. The topological polar surface area (TPSA) is 112 Å². The third kappa shape index (κ3) is 2.62. The monoisotopic (exact) mass is 378 g/mol. The summed E-state index contributed by atoms with van der Waals surface area (Å²) >= 11 is 0. The van der Waals surface area contributed by atoms with Crippen molar-refractivity contribution in [3.05, 3.63) is 70.8 Å². The zero-order valence-corrected chi connectivity index (χ0v) is 14.5. The van der Waals surface area contributed by atoms with Crippen LogP contribution < -0.4 is 0 Å². The number of hydrogen-bond acceptors (Lipinski definition) is 6. The van der Waals surface area contributed by atoms with E-state index in [1.54, 1.807) is 24.3 Å². The minimum Gasteiger partial charge on any atom is -0.383 e. The van der Waals surface area contributed by atoms with Crippen molar-refractivity contribution in [1.29, 1.82) is 0 Å². The number of imide groups is 2. The number of benzene rings is 2. The number of fused-ring (bicyclic) bond motifs is 2. The van der Waals surface area contributed by atoms with Gasteiger partial charge in [0, 0.05) is 0 Å². The Morgan fingerprint density at radius 1 is 0.714 bits per heavy atom. The Morgan fingerprint density at radius 2 is 1.07 bits per heavy atom. The molecule has 1 N–H and O–H groups in total. The Morgan fingerprint density at radius 3 is 1.46 bits per heavy atom. The summed E-state index contributed by atoms with van der Waals surface area (Å²) in [4.78, 5) is 63.2. The molecule has 4 amide bonds. The fourth-order valence-corrected chi connectivity index (χ4v) is 3.32. The molecule has 8 nitrogen and oxygen atoms in total. The van der Waals surface area contributed by atoms with Crippen molar-refractivity contribution >= 4 is 29.4 Å². The standard InChI is InChI=1S/C20H14N2O6/c23-15(9-21-17(25)11-5-1-2-6-12(11)18(21)26)16(24)10-22-19(27)13-7-3-4-8-14(13)20(22)28/h1-8,15,23H,9-10H2/t15-/m1/s1. The molecule has 0 aliphatic carbocycles. The van der Waals surface area contributed by atoms with Gasteiger partial charge in [-0.25, -0.2) is 0 Å². The van der Waals surface area contributed by atoms with Gasteiger partial charge in [0.05, 0.1) is 35.3 Å². The molecule has 0 spiro atoms. The molecule has 0 unspecified atom stereocenters. The lowest BCUT2D eigenvalue weighted by Crippen LogP contribution is -2.45. The summed E-state index contributed by atoms with van der Waals surface area (Å²) in [6.45, 7) is -1.19. The molecule has 2 heterocycles. The van der Waals surface area contributed by atoms with Crippen LogP contribution in [0.15, 0.2) is 48.5 Å². The molecular weight excluding hydrogens is 364 g/mol. The third-order valence-corrected chi connectivity index (χ3v) is 4.80. The number of carbonyl (C=O) groups excluding carboxylic acids is 5. The lowest BCUT2D eigenvalue weighted by molar-refractivity contribution is -0.127. The zero-order valence-electron chi connectivity index (χ0n) is 14.5. The number of Topliss-reactive ketones (excluding diaryl/α,β-unsaturated/α-hetero) is 1. The lowest BCUT2D eigenvalue weighted by atomic mass is 10.1. The van der Waals surface area contributed by atoms with Crippen LogP contribution in [0.1, 0.15) is 41.4 Å². The van der Waals surface area contributed by atoms with Crippen LogP contribution in [0.2, 0.25) is 0 Å².